The summed E-state index contributed by atoms with van der Waals surface area (Å²) in [6, 6.07) is 0. The van der Waals surface area contributed by atoms with Crippen molar-refractivity contribution >= 4 is 0 Å². The molecule has 17 heavy (non-hydrogen) atoms. The molecule has 0 saturated carbocycles. The fourth-order valence-corrected chi connectivity index (χ4v) is 1.70. The predicted molar refractivity (Wildman–Crippen MR) is 82.5 cm³/mol. The summed E-state index contributed by atoms with van der Waals surface area (Å²) in [5.41, 5.74) is 3.28. The summed E-state index contributed by atoms with van der Waals surface area (Å²) in [4.78, 5) is 0. The number of hydrogen-bond acceptors (Lipinski definition) is 0. The molecule has 0 atom stereocenters. The molecule has 0 fully saturated rings. The van der Waals surface area contributed by atoms with Gasteiger partial charge in [0.1, 0.15) is 0 Å². The minimum Gasteiger partial charge on any atom is -0.0702 e. The quantitative estimate of drug-likeness (QED) is 0.522. The molecule has 0 heterocycles. The van der Waals surface area contributed by atoms with Crippen molar-refractivity contribution in [3.8, 4) is 0 Å². The monoisotopic (exact) mass is 238 g/mol. The summed E-state index contributed by atoms with van der Waals surface area (Å²) < 4.78 is 0. The largest absolute Gasteiger partial charge is 0.0702 e. The lowest BCUT2D eigenvalue weighted by Gasteiger charge is -2.14. The molecule has 0 amide bonds. The van der Waals surface area contributed by atoms with Gasteiger partial charge in [0.05, 0.1) is 0 Å². The van der Waals surface area contributed by atoms with Crippen LogP contribution in [0.4, 0.5) is 0 Å². The number of rotatable bonds is 4. The summed E-state index contributed by atoms with van der Waals surface area (Å²) in [5.74, 6) is 0.845. The molecule has 1 aliphatic carbocycles. The molecule has 0 radical (unpaired) electrons. The maximum absolute atomic E-state index is 2.35. The molecule has 1 rings (SSSR count). The van der Waals surface area contributed by atoms with E-state index in [-0.39, 0.29) is 0 Å². The average Bonchev–Trinajstić information content (AvgIpc) is 2.41. The van der Waals surface area contributed by atoms with E-state index < -0.39 is 0 Å². The Balaban J connectivity index is 0. The van der Waals surface area contributed by atoms with Crippen LogP contribution in [0.5, 0.6) is 0 Å². The molecule has 0 aromatic rings. The molecule has 0 bridgehead atoms. The van der Waals surface area contributed by atoms with Gasteiger partial charge in [-0.3, -0.25) is 0 Å². The molecule has 0 unspecified atom stereocenters. The summed E-state index contributed by atoms with van der Waals surface area (Å²) in [7, 11) is 0. The van der Waals surface area contributed by atoms with Crippen LogP contribution < -0.4 is 0 Å². The van der Waals surface area contributed by atoms with Crippen molar-refractivity contribution in [1.29, 1.82) is 0 Å². The van der Waals surface area contributed by atoms with Gasteiger partial charge in [0.15, 0.2) is 0 Å². The summed E-state index contributed by atoms with van der Waals surface area (Å²) in [5, 5.41) is 0. The number of allylic oxidation sites excluding steroid dienone is 4. The molecule has 0 spiro atoms. The fourth-order valence-electron chi connectivity index (χ4n) is 1.70. The van der Waals surface area contributed by atoms with Crippen LogP contribution in [-0.4, -0.2) is 0 Å². The predicted octanol–water partition coefficient (Wildman–Crippen LogP) is 6.53. The van der Waals surface area contributed by atoms with E-state index in [1.54, 1.807) is 11.1 Å². The van der Waals surface area contributed by atoms with Crippen molar-refractivity contribution in [1.82, 2.24) is 0 Å². The highest BCUT2D eigenvalue weighted by Crippen LogP contribution is 2.24. The molecular formula is C17H34. The Bertz CT molecular complexity index is 206. The second-order valence-electron chi connectivity index (χ2n) is 4.44. The zero-order valence-corrected chi connectivity index (χ0v) is 13.3. The molecule has 0 nitrogen and oxygen atoms in total. The van der Waals surface area contributed by atoms with Gasteiger partial charge < -0.3 is 0 Å². The van der Waals surface area contributed by atoms with Crippen LogP contribution in [0.25, 0.3) is 0 Å². The van der Waals surface area contributed by atoms with Crippen LogP contribution >= 0.6 is 0 Å². The van der Waals surface area contributed by atoms with Gasteiger partial charge in [0.25, 0.3) is 0 Å². The van der Waals surface area contributed by atoms with Crippen LogP contribution in [0.3, 0.4) is 0 Å². The second kappa shape index (κ2) is 13.5. The van der Waals surface area contributed by atoms with Crippen LogP contribution in [0.2, 0.25) is 0 Å². The topological polar surface area (TPSA) is 0 Å². The SMILES string of the molecule is CC.CC.CCC1=CC=C(CCC(C)C)CC1. The first-order valence-corrected chi connectivity index (χ1v) is 7.59. The molecule has 0 N–H and O–H groups in total. The lowest BCUT2D eigenvalue weighted by Crippen LogP contribution is -1.95. The lowest BCUT2D eigenvalue weighted by atomic mass is 9.92. The Labute approximate surface area is 110 Å². The molecule has 0 aromatic heterocycles. The Morgan fingerprint density at radius 2 is 1.41 bits per heavy atom. The van der Waals surface area contributed by atoms with Crippen molar-refractivity contribution in [2.45, 2.75) is 80.6 Å². The molecule has 0 saturated heterocycles. The third-order valence-corrected chi connectivity index (χ3v) is 2.82. The summed E-state index contributed by atoms with van der Waals surface area (Å²) in [6.45, 7) is 14.9. The third kappa shape index (κ3) is 10.4. The Kier molecular flexibility index (Phi) is 15.0. The van der Waals surface area contributed by atoms with Gasteiger partial charge in [-0.1, -0.05) is 71.8 Å². The number of hydrogen-bond donors (Lipinski definition) is 0. The highest BCUT2D eigenvalue weighted by atomic mass is 14.1. The Morgan fingerprint density at radius 1 is 0.941 bits per heavy atom. The van der Waals surface area contributed by atoms with Crippen molar-refractivity contribution < 1.29 is 0 Å². The fraction of sp³-hybridized carbons (Fsp3) is 0.765. The van der Waals surface area contributed by atoms with E-state index in [9.17, 15) is 0 Å². The highest BCUT2D eigenvalue weighted by Gasteiger charge is 2.05. The Morgan fingerprint density at radius 3 is 1.76 bits per heavy atom. The van der Waals surface area contributed by atoms with Crippen molar-refractivity contribution in [2.24, 2.45) is 5.92 Å². The van der Waals surface area contributed by atoms with Crippen LogP contribution in [0.15, 0.2) is 23.3 Å². The van der Waals surface area contributed by atoms with Gasteiger partial charge in [-0.15, -0.1) is 0 Å². The van der Waals surface area contributed by atoms with Gasteiger partial charge in [0.2, 0.25) is 0 Å². The molecule has 102 valence electrons. The standard InChI is InChI=1S/C13H22.2C2H6/c1-4-12-7-9-13(10-8-12)6-5-11(2)3;2*1-2/h7,9,11H,4-6,8,10H2,1-3H3;2*1-2H3. The maximum atomic E-state index is 2.35. The van der Waals surface area contributed by atoms with E-state index in [1.807, 2.05) is 27.7 Å². The molecular weight excluding hydrogens is 204 g/mol. The first kappa shape index (κ1) is 18.8. The first-order chi connectivity index (χ1) is 8.22. The van der Waals surface area contributed by atoms with E-state index in [2.05, 4.69) is 32.9 Å². The van der Waals surface area contributed by atoms with Crippen LogP contribution in [-0.2, 0) is 0 Å². The van der Waals surface area contributed by atoms with E-state index in [1.165, 1.54) is 32.1 Å². The van der Waals surface area contributed by atoms with Gasteiger partial charge in [-0.2, -0.15) is 0 Å². The van der Waals surface area contributed by atoms with E-state index >= 15 is 0 Å². The third-order valence-electron chi connectivity index (χ3n) is 2.82. The lowest BCUT2D eigenvalue weighted by molar-refractivity contribution is 0.575. The van der Waals surface area contributed by atoms with Crippen molar-refractivity contribution in [3.63, 3.8) is 0 Å². The molecule has 0 aromatic carbocycles. The molecule has 0 aliphatic heterocycles. The molecule has 1 aliphatic rings. The van der Waals surface area contributed by atoms with Gasteiger partial charge in [0, 0.05) is 0 Å². The van der Waals surface area contributed by atoms with Crippen LogP contribution in [0.1, 0.15) is 80.6 Å². The smallest absolute Gasteiger partial charge is 0.0280 e. The average molecular weight is 238 g/mol. The highest BCUT2D eigenvalue weighted by molar-refractivity contribution is 5.23. The van der Waals surface area contributed by atoms with E-state index in [0.29, 0.717) is 0 Å². The van der Waals surface area contributed by atoms with E-state index in [0.717, 1.165) is 5.92 Å². The van der Waals surface area contributed by atoms with Gasteiger partial charge in [-0.05, 0) is 38.0 Å². The second-order valence-corrected chi connectivity index (χ2v) is 4.44. The summed E-state index contributed by atoms with van der Waals surface area (Å²) in [6.07, 6.45) is 11.2. The van der Waals surface area contributed by atoms with Crippen molar-refractivity contribution in [3.05, 3.63) is 23.3 Å². The summed E-state index contributed by atoms with van der Waals surface area (Å²) >= 11 is 0. The zero-order chi connectivity index (χ0) is 13.7. The van der Waals surface area contributed by atoms with Gasteiger partial charge >= 0.3 is 0 Å². The normalized spacial score (nSPS) is 13.9. The first-order valence-electron chi connectivity index (χ1n) is 7.59. The van der Waals surface area contributed by atoms with Crippen molar-refractivity contribution in [2.75, 3.05) is 0 Å². The van der Waals surface area contributed by atoms with Crippen LogP contribution in [0, 0.1) is 5.92 Å². The van der Waals surface area contributed by atoms with E-state index in [4.69, 9.17) is 0 Å². The van der Waals surface area contributed by atoms with Gasteiger partial charge in [-0.25, -0.2) is 0 Å². The minimum atomic E-state index is 0.845. The maximum Gasteiger partial charge on any atom is -0.0280 e. The zero-order valence-electron chi connectivity index (χ0n) is 13.3. The molecule has 0 heteroatoms. The Hall–Kier alpha value is -0.520. The minimum absolute atomic E-state index is 0.845.